The van der Waals surface area contributed by atoms with E-state index in [1.807, 2.05) is 0 Å². The minimum atomic E-state index is -0.957. The molecule has 0 spiro atoms. The van der Waals surface area contributed by atoms with Crippen LogP contribution < -0.4 is 5.32 Å². The van der Waals surface area contributed by atoms with Crippen LogP contribution in [0.5, 0.6) is 0 Å². The van der Waals surface area contributed by atoms with E-state index >= 15 is 0 Å². The zero-order valence-electron chi connectivity index (χ0n) is 12.1. The molecule has 0 aromatic carbocycles. The normalized spacial score (nSPS) is 13.2. The first-order valence-electron chi connectivity index (χ1n) is 6.58. The van der Waals surface area contributed by atoms with E-state index in [1.54, 1.807) is 6.07 Å². The fourth-order valence-corrected chi connectivity index (χ4v) is 1.97. The highest BCUT2D eigenvalue weighted by atomic mass is 16.4. The van der Waals surface area contributed by atoms with Gasteiger partial charge in [0.05, 0.1) is 12.1 Å². The molecule has 0 aliphatic heterocycles. The van der Waals surface area contributed by atoms with Gasteiger partial charge in [0.2, 0.25) is 0 Å². The number of hydrogen-bond donors (Lipinski definition) is 2. The fourth-order valence-electron chi connectivity index (χ4n) is 1.97. The third-order valence-corrected chi connectivity index (χ3v) is 3.05. The number of carboxylic acids is 1. The van der Waals surface area contributed by atoms with Crippen LogP contribution in [0.2, 0.25) is 0 Å². The number of nitrogens with one attached hydrogen (secondary N) is 1. The van der Waals surface area contributed by atoms with E-state index in [0.29, 0.717) is 24.3 Å². The lowest BCUT2D eigenvalue weighted by Gasteiger charge is -2.26. The minimum absolute atomic E-state index is 0.197. The first-order valence-corrected chi connectivity index (χ1v) is 6.58. The van der Waals surface area contributed by atoms with Gasteiger partial charge < -0.3 is 19.7 Å². The molecule has 0 aliphatic rings. The topological polar surface area (TPSA) is 65.7 Å². The van der Waals surface area contributed by atoms with Gasteiger partial charge in [0.25, 0.3) is 0 Å². The third-order valence-electron chi connectivity index (χ3n) is 3.05. The number of carbonyl (C=O) groups is 1. The predicted molar refractivity (Wildman–Crippen MR) is 74.3 cm³/mol. The second-order valence-corrected chi connectivity index (χ2v) is 5.48. The van der Waals surface area contributed by atoms with E-state index in [9.17, 15) is 4.79 Å². The minimum Gasteiger partial charge on any atom is -0.478 e. The molecule has 0 bridgehead atoms. The van der Waals surface area contributed by atoms with E-state index in [1.165, 1.54) is 6.26 Å². The number of carboxylic acid groups (broad SMARTS) is 1. The molecule has 0 saturated heterocycles. The van der Waals surface area contributed by atoms with Crippen LogP contribution in [0.25, 0.3) is 0 Å². The molecule has 1 unspecified atom stereocenters. The van der Waals surface area contributed by atoms with Crippen molar-refractivity contribution in [2.24, 2.45) is 5.92 Å². The molecule has 1 rings (SSSR count). The van der Waals surface area contributed by atoms with Crippen molar-refractivity contribution in [1.82, 2.24) is 10.2 Å². The maximum atomic E-state index is 10.7. The summed E-state index contributed by atoms with van der Waals surface area (Å²) in [4.78, 5) is 12.9. The molecular weight excluding hydrogens is 244 g/mol. The molecule has 1 aromatic heterocycles. The summed E-state index contributed by atoms with van der Waals surface area (Å²) in [5.74, 6) is 0.344. The van der Waals surface area contributed by atoms with Crippen LogP contribution in [-0.4, -0.2) is 42.7 Å². The zero-order valence-corrected chi connectivity index (χ0v) is 12.1. The average Bonchev–Trinajstić information content (AvgIpc) is 2.75. The number of likely N-dealkylation sites (N-methyl/N-ethyl adjacent to an activating group) is 1. The van der Waals surface area contributed by atoms with Crippen LogP contribution in [0.3, 0.4) is 0 Å². The van der Waals surface area contributed by atoms with Crippen LogP contribution in [-0.2, 0) is 6.54 Å². The van der Waals surface area contributed by atoms with Crippen LogP contribution in [0, 0.1) is 5.92 Å². The van der Waals surface area contributed by atoms with E-state index in [4.69, 9.17) is 9.52 Å². The van der Waals surface area contributed by atoms with Crippen LogP contribution in [0.1, 0.15) is 36.4 Å². The highest BCUT2D eigenvalue weighted by Gasteiger charge is 2.13. The van der Waals surface area contributed by atoms with Gasteiger partial charge >= 0.3 is 5.97 Å². The number of furan rings is 1. The van der Waals surface area contributed by atoms with E-state index in [0.717, 1.165) is 13.0 Å². The van der Waals surface area contributed by atoms with E-state index < -0.39 is 5.97 Å². The molecule has 1 atom stereocenters. The molecule has 1 heterocycles. The molecular formula is C14H24N2O3. The highest BCUT2D eigenvalue weighted by Crippen LogP contribution is 2.10. The van der Waals surface area contributed by atoms with E-state index in [-0.39, 0.29) is 5.56 Å². The Morgan fingerprint density at radius 2 is 2.16 bits per heavy atom. The van der Waals surface area contributed by atoms with Gasteiger partial charge in [0.1, 0.15) is 12.0 Å². The molecule has 0 radical (unpaired) electrons. The Morgan fingerprint density at radius 1 is 1.47 bits per heavy atom. The fraction of sp³-hybridized carbons (Fsp3) is 0.643. The van der Waals surface area contributed by atoms with Crippen molar-refractivity contribution in [3.05, 3.63) is 23.7 Å². The Labute approximate surface area is 114 Å². The standard InChI is InChI=1S/C14H24N2O3/c1-10(2)5-12(16(3)4)7-15-8-13-6-11(9-19-13)14(17)18/h6,9-10,12,15H,5,7-8H2,1-4H3,(H,17,18). The van der Waals surface area contributed by atoms with Gasteiger partial charge in [0.15, 0.2) is 0 Å². The summed E-state index contributed by atoms with van der Waals surface area (Å²) in [6.45, 7) is 5.83. The van der Waals surface area contributed by atoms with Crippen LogP contribution in [0.4, 0.5) is 0 Å². The molecule has 1 aromatic rings. The van der Waals surface area contributed by atoms with Crippen LogP contribution >= 0.6 is 0 Å². The summed E-state index contributed by atoms with van der Waals surface area (Å²) in [5, 5.41) is 12.1. The Kier molecular flexibility index (Phi) is 6.05. The average molecular weight is 268 g/mol. The van der Waals surface area contributed by atoms with Crippen molar-refractivity contribution in [3.8, 4) is 0 Å². The molecule has 0 saturated carbocycles. The first-order chi connectivity index (χ1) is 8.90. The number of hydrogen-bond acceptors (Lipinski definition) is 4. The number of rotatable bonds is 8. The lowest BCUT2D eigenvalue weighted by molar-refractivity contribution is 0.0696. The van der Waals surface area contributed by atoms with Crippen molar-refractivity contribution in [2.45, 2.75) is 32.9 Å². The maximum absolute atomic E-state index is 10.7. The largest absolute Gasteiger partial charge is 0.478 e. The monoisotopic (exact) mass is 268 g/mol. The Bertz CT molecular complexity index is 399. The van der Waals surface area contributed by atoms with Crippen molar-refractivity contribution >= 4 is 5.97 Å². The third kappa shape index (κ3) is 5.44. The van der Waals surface area contributed by atoms with Crippen molar-refractivity contribution < 1.29 is 14.3 Å². The highest BCUT2D eigenvalue weighted by molar-refractivity contribution is 5.87. The van der Waals surface area contributed by atoms with Gasteiger partial charge in [-0.25, -0.2) is 4.79 Å². The number of aromatic carboxylic acids is 1. The first kappa shape index (κ1) is 15.7. The molecule has 0 fully saturated rings. The second-order valence-electron chi connectivity index (χ2n) is 5.48. The van der Waals surface area contributed by atoms with Gasteiger partial charge in [-0.3, -0.25) is 0 Å². The predicted octanol–water partition coefficient (Wildman–Crippen LogP) is 2.04. The molecule has 5 heteroatoms. The van der Waals surface area contributed by atoms with Crippen molar-refractivity contribution in [2.75, 3.05) is 20.6 Å². The van der Waals surface area contributed by atoms with Crippen molar-refractivity contribution in [3.63, 3.8) is 0 Å². The Hall–Kier alpha value is -1.33. The summed E-state index contributed by atoms with van der Waals surface area (Å²) < 4.78 is 5.19. The molecule has 5 nitrogen and oxygen atoms in total. The van der Waals surface area contributed by atoms with Crippen LogP contribution in [0.15, 0.2) is 16.7 Å². The maximum Gasteiger partial charge on any atom is 0.338 e. The number of nitrogens with zero attached hydrogens (tertiary/aromatic N) is 1. The second kappa shape index (κ2) is 7.31. The molecule has 0 amide bonds. The van der Waals surface area contributed by atoms with Crippen molar-refractivity contribution in [1.29, 1.82) is 0 Å². The van der Waals surface area contributed by atoms with Gasteiger partial charge in [-0.1, -0.05) is 13.8 Å². The summed E-state index contributed by atoms with van der Waals surface area (Å²) in [6, 6.07) is 2.02. The van der Waals surface area contributed by atoms with E-state index in [2.05, 4.69) is 38.2 Å². The molecule has 19 heavy (non-hydrogen) atoms. The van der Waals surface area contributed by atoms with Gasteiger partial charge in [-0.2, -0.15) is 0 Å². The summed E-state index contributed by atoms with van der Waals surface area (Å²) in [5.41, 5.74) is 0.197. The summed E-state index contributed by atoms with van der Waals surface area (Å²) in [6.07, 6.45) is 2.40. The SMILES string of the molecule is CC(C)CC(CNCc1cc(C(=O)O)co1)N(C)C. The summed E-state index contributed by atoms with van der Waals surface area (Å²) in [7, 11) is 4.15. The summed E-state index contributed by atoms with van der Waals surface area (Å²) >= 11 is 0. The Balaban J connectivity index is 2.40. The molecule has 0 aliphatic carbocycles. The van der Waals surface area contributed by atoms with Gasteiger partial charge in [0, 0.05) is 12.6 Å². The molecule has 108 valence electrons. The zero-order chi connectivity index (χ0) is 14.4. The lowest BCUT2D eigenvalue weighted by atomic mass is 10.0. The smallest absolute Gasteiger partial charge is 0.338 e. The Morgan fingerprint density at radius 3 is 2.63 bits per heavy atom. The molecule has 2 N–H and O–H groups in total. The van der Waals surface area contributed by atoms with Gasteiger partial charge in [-0.15, -0.1) is 0 Å². The van der Waals surface area contributed by atoms with Gasteiger partial charge in [-0.05, 0) is 32.5 Å². The lowest BCUT2D eigenvalue weighted by Crippen LogP contribution is -2.38. The quantitative estimate of drug-likeness (QED) is 0.755.